The summed E-state index contributed by atoms with van der Waals surface area (Å²) >= 11 is 0. The molecule has 174 valence electrons. The standard InChI is InChI=1S/C23H24N2O7S/c1-4-31-22(28)20-19(21(26)27)17-11-12-23(20,32-17)13-24-33(29,30)18-10-6-7-14-15(18)8-5-9-16(14)25(2)3/h5-12,17,24H,4,13H2,1-3H3,(H,26,27). The minimum Gasteiger partial charge on any atom is -0.478 e. The summed E-state index contributed by atoms with van der Waals surface area (Å²) in [5.41, 5.74) is -1.13. The second kappa shape index (κ2) is 8.29. The van der Waals surface area contributed by atoms with Gasteiger partial charge >= 0.3 is 11.9 Å². The average molecular weight is 473 g/mol. The number of carbonyl (C=O) groups is 2. The maximum atomic E-state index is 13.3. The van der Waals surface area contributed by atoms with E-state index in [0.29, 0.717) is 5.39 Å². The molecule has 2 aliphatic rings. The fourth-order valence-electron chi connectivity index (χ4n) is 4.29. The van der Waals surface area contributed by atoms with Crippen LogP contribution in [-0.4, -0.2) is 64.4 Å². The van der Waals surface area contributed by atoms with Crippen molar-refractivity contribution >= 4 is 38.4 Å². The lowest BCUT2D eigenvalue weighted by Crippen LogP contribution is -2.44. The Labute approximate surface area is 191 Å². The van der Waals surface area contributed by atoms with Crippen LogP contribution < -0.4 is 9.62 Å². The van der Waals surface area contributed by atoms with Crippen LogP contribution in [0, 0.1) is 0 Å². The third kappa shape index (κ3) is 3.79. The summed E-state index contributed by atoms with van der Waals surface area (Å²) < 4.78 is 40.0. The van der Waals surface area contributed by atoms with Gasteiger partial charge in [-0.3, -0.25) is 0 Å². The minimum atomic E-state index is -4.05. The molecule has 4 rings (SSSR count). The molecule has 9 nitrogen and oxygen atoms in total. The van der Waals surface area contributed by atoms with E-state index >= 15 is 0 Å². The van der Waals surface area contributed by atoms with Crippen molar-refractivity contribution in [2.45, 2.75) is 23.5 Å². The van der Waals surface area contributed by atoms with Gasteiger partial charge in [-0.1, -0.05) is 30.3 Å². The van der Waals surface area contributed by atoms with Crippen LogP contribution in [0.25, 0.3) is 10.8 Å². The topological polar surface area (TPSA) is 122 Å². The van der Waals surface area contributed by atoms with E-state index < -0.39 is 33.7 Å². The summed E-state index contributed by atoms with van der Waals surface area (Å²) in [5, 5.41) is 10.9. The summed E-state index contributed by atoms with van der Waals surface area (Å²) in [6.45, 7) is 1.27. The van der Waals surface area contributed by atoms with Crippen LogP contribution in [0.3, 0.4) is 0 Å². The Morgan fingerprint density at radius 3 is 2.55 bits per heavy atom. The highest BCUT2D eigenvalue weighted by atomic mass is 32.2. The molecule has 33 heavy (non-hydrogen) atoms. The molecule has 2 aliphatic heterocycles. The zero-order chi connectivity index (χ0) is 24.0. The first-order chi connectivity index (χ1) is 15.6. The van der Waals surface area contributed by atoms with Gasteiger partial charge in [-0.15, -0.1) is 0 Å². The highest BCUT2D eigenvalue weighted by Gasteiger charge is 2.54. The van der Waals surface area contributed by atoms with Crippen molar-refractivity contribution in [2.24, 2.45) is 0 Å². The molecule has 2 aromatic carbocycles. The number of nitrogens with one attached hydrogen (secondary N) is 1. The van der Waals surface area contributed by atoms with Crippen LogP contribution in [0.2, 0.25) is 0 Å². The molecule has 0 aliphatic carbocycles. The van der Waals surface area contributed by atoms with Crippen molar-refractivity contribution in [3.8, 4) is 0 Å². The number of benzene rings is 2. The van der Waals surface area contributed by atoms with Gasteiger partial charge in [0.05, 0.1) is 22.6 Å². The van der Waals surface area contributed by atoms with E-state index in [1.165, 1.54) is 18.2 Å². The summed E-state index contributed by atoms with van der Waals surface area (Å²) in [7, 11) is -0.306. The van der Waals surface area contributed by atoms with Crippen molar-refractivity contribution in [3.63, 3.8) is 0 Å². The summed E-state index contributed by atoms with van der Waals surface area (Å²) in [5.74, 6) is -2.16. The third-order valence-corrected chi connectivity index (χ3v) is 7.18. The number of esters is 1. The maximum Gasteiger partial charge on any atom is 0.338 e. The fraction of sp³-hybridized carbons (Fsp3) is 0.304. The molecular weight excluding hydrogens is 448 g/mol. The van der Waals surface area contributed by atoms with Crippen molar-refractivity contribution < 1.29 is 32.6 Å². The molecule has 0 amide bonds. The number of sulfonamides is 1. The fourth-order valence-corrected chi connectivity index (χ4v) is 5.57. The van der Waals surface area contributed by atoms with Gasteiger partial charge in [0.25, 0.3) is 0 Å². The number of hydrogen-bond donors (Lipinski definition) is 2. The minimum absolute atomic E-state index is 0.0373. The van der Waals surface area contributed by atoms with Crippen LogP contribution >= 0.6 is 0 Å². The van der Waals surface area contributed by atoms with Gasteiger partial charge in [0.15, 0.2) is 0 Å². The summed E-state index contributed by atoms with van der Waals surface area (Å²) in [6.07, 6.45) is 2.06. The SMILES string of the molecule is CCOC(=O)C1=C(C(=O)O)C2C=CC1(CNS(=O)(=O)c1cccc3c(N(C)C)cccc13)O2. The first-order valence-corrected chi connectivity index (χ1v) is 11.8. The quantitative estimate of drug-likeness (QED) is 0.441. The lowest BCUT2D eigenvalue weighted by molar-refractivity contribution is -0.141. The number of carboxylic acid groups (broad SMARTS) is 1. The van der Waals surface area contributed by atoms with E-state index in [0.717, 1.165) is 11.1 Å². The molecule has 0 saturated carbocycles. The van der Waals surface area contributed by atoms with Crippen LogP contribution in [0.4, 0.5) is 5.69 Å². The molecule has 2 atom stereocenters. The predicted molar refractivity (Wildman–Crippen MR) is 122 cm³/mol. The van der Waals surface area contributed by atoms with Gasteiger partial charge in [0.1, 0.15) is 11.7 Å². The largest absolute Gasteiger partial charge is 0.478 e. The highest BCUT2D eigenvalue weighted by Crippen LogP contribution is 2.44. The van der Waals surface area contributed by atoms with Gasteiger partial charge in [-0.05, 0) is 25.1 Å². The van der Waals surface area contributed by atoms with Gasteiger partial charge in [-0.2, -0.15) is 0 Å². The highest BCUT2D eigenvalue weighted by molar-refractivity contribution is 7.89. The molecule has 0 spiro atoms. The Morgan fingerprint density at radius 1 is 1.18 bits per heavy atom. The Hall–Kier alpha value is -3.21. The number of ether oxygens (including phenoxy) is 2. The third-order valence-electron chi connectivity index (χ3n) is 5.72. The van der Waals surface area contributed by atoms with E-state index in [1.54, 1.807) is 25.1 Å². The Bertz CT molecular complexity index is 1310. The van der Waals surface area contributed by atoms with E-state index in [4.69, 9.17) is 9.47 Å². The molecule has 0 saturated heterocycles. The van der Waals surface area contributed by atoms with Crippen molar-refractivity contribution in [1.29, 1.82) is 0 Å². The zero-order valence-electron chi connectivity index (χ0n) is 18.4. The smallest absolute Gasteiger partial charge is 0.338 e. The van der Waals surface area contributed by atoms with Gasteiger partial charge in [0, 0.05) is 37.1 Å². The van der Waals surface area contributed by atoms with Crippen LogP contribution in [0.15, 0.2) is 64.6 Å². The molecule has 2 aromatic rings. The number of anilines is 1. The number of nitrogens with zero attached hydrogens (tertiary/aromatic N) is 1. The molecule has 0 aromatic heterocycles. The van der Waals surface area contributed by atoms with Crippen molar-refractivity contribution in [2.75, 3.05) is 32.1 Å². The van der Waals surface area contributed by atoms with Gasteiger partial charge in [0.2, 0.25) is 10.0 Å². The van der Waals surface area contributed by atoms with Gasteiger partial charge < -0.3 is 19.5 Å². The van der Waals surface area contributed by atoms with E-state index in [2.05, 4.69) is 4.72 Å². The number of aliphatic carboxylic acids is 1. The first-order valence-electron chi connectivity index (χ1n) is 10.3. The average Bonchev–Trinajstić information content (AvgIpc) is 3.34. The molecule has 0 radical (unpaired) electrons. The second-order valence-electron chi connectivity index (χ2n) is 7.95. The molecule has 2 bridgehead atoms. The van der Waals surface area contributed by atoms with Crippen LogP contribution in [-0.2, 0) is 29.1 Å². The number of carboxylic acids is 1. The molecular formula is C23H24N2O7S. The lowest BCUT2D eigenvalue weighted by atomic mass is 9.87. The van der Waals surface area contributed by atoms with Crippen LogP contribution in [0.1, 0.15) is 6.92 Å². The molecule has 2 N–H and O–H groups in total. The van der Waals surface area contributed by atoms with E-state index in [1.807, 2.05) is 31.1 Å². The number of rotatable bonds is 8. The molecule has 2 unspecified atom stereocenters. The summed E-state index contributed by atoms with van der Waals surface area (Å²) in [6, 6.07) is 10.4. The van der Waals surface area contributed by atoms with Crippen molar-refractivity contribution in [1.82, 2.24) is 4.72 Å². The molecule has 2 heterocycles. The second-order valence-corrected chi connectivity index (χ2v) is 9.68. The van der Waals surface area contributed by atoms with Crippen LogP contribution in [0.5, 0.6) is 0 Å². The predicted octanol–water partition coefficient (Wildman–Crippen LogP) is 1.84. The van der Waals surface area contributed by atoms with Crippen molar-refractivity contribution in [3.05, 3.63) is 59.7 Å². The maximum absolute atomic E-state index is 13.3. The Balaban J connectivity index is 1.71. The number of carbonyl (C=O) groups excluding carboxylic acids is 1. The number of hydrogen-bond acceptors (Lipinski definition) is 7. The molecule has 0 fully saturated rings. The monoisotopic (exact) mass is 472 g/mol. The summed E-state index contributed by atoms with van der Waals surface area (Å²) in [4.78, 5) is 26.3. The van der Waals surface area contributed by atoms with E-state index in [9.17, 15) is 23.1 Å². The zero-order valence-corrected chi connectivity index (χ0v) is 19.2. The number of fused-ring (bicyclic) bond motifs is 3. The Kier molecular flexibility index (Phi) is 5.77. The van der Waals surface area contributed by atoms with E-state index in [-0.39, 0.29) is 29.2 Å². The molecule has 10 heteroatoms. The van der Waals surface area contributed by atoms with Gasteiger partial charge in [-0.25, -0.2) is 22.7 Å². The Morgan fingerprint density at radius 2 is 1.88 bits per heavy atom. The lowest BCUT2D eigenvalue weighted by Gasteiger charge is -2.26. The normalized spacial score (nSPS) is 21.6. The first kappa shape index (κ1) is 23.0.